The van der Waals surface area contributed by atoms with Crippen LogP contribution in [0.4, 0.5) is 0 Å². The molecule has 0 aliphatic heterocycles. The molecule has 90 valence electrons. The van der Waals surface area contributed by atoms with Crippen molar-refractivity contribution in [2.24, 2.45) is 0 Å². The van der Waals surface area contributed by atoms with E-state index in [2.05, 4.69) is 4.98 Å². The Morgan fingerprint density at radius 3 is 2.61 bits per heavy atom. The summed E-state index contributed by atoms with van der Waals surface area (Å²) in [5, 5.41) is 9.75. The Balaban J connectivity index is 2.13. The Labute approximate surface area is 103 Å². The highest BCUT2D eigenvalue weighted by atomic mass is 16.3. The van der Waals surface area contributed by atoms with Crippen molar-refractivity contribution in [1.29, 1.82) is 0 Å². The molecule has 0 saturated heterocycles. The molecule has 0 amide bonds. The molecule has 0 radical (unpaired) electrons. The van der Waals surface area contributed by atoms with Gasteiger partial charge in [0, 0.05) is 5.56 Å². The number of imidazole rings is 1. The van der Waals surface area contributed by atoms with Crippen molar-refractivity contribution >= 4 is 11.0 Å². The lowest BCUT2D eigenvalue weighted by atomic mass is 10.2. The van der Waals surface area contributed by atoms with Gasteiger partial charge in [0.25, 0.3) is 0 Å². The number of hydrogen-bond donors (Lipinski definition) is 2. The minimum absolute atomic E-state index is 0.167. The molecule has 3 aromatic rings. The summed E-state index contributed by atoms with van der Waals surface area (Å²) in [4.78, 5) is 14.7. The van der Waals surface area contributed by atoms with E-state index in [4.69, 9.17) is 0 Å². The molecule has 0 bridgehead atoms. The predicted octanol–water partition coefficient (Wildman–Crippen LogP) is 2.08. The zero-order chi connectivity index (χ0) is 12.5. The summed E-state index contributed by atoms with van der Waals surface area (Å²) in [6, 6.07) is 14.5. The van der Waals surface area contributed by atoms with Crippen molar-refractivity contribution in [3.63, 3.8) is 0 Å². The van der Waals surface area contributed by atoms with Crippen LogP contribution in [0.5, 0.6) is 5.75 Å². The molecule has 0 saturated carbocycles. The summed E-state index contributed by atoms with van der Waals surface area (Å²) in [7, 11) is 0. The number of aromatic hydroxyl groups is 1. The Morgan fingerprint density at radius 2 is 1.78 bits per heavy atom. The Morgan fingerprint density at radius 1 is 1.06 bits per heavy atom. The number of nitrogens with zero attached hydrogens (tertiary/aromatic N) is 1. The molecule has 4 heteroatoms. The third kappa shape index (κ3) is 1.68. The smallest absolute Gasteiger partial charge is 0.326 e. The molecular formula is C14H12N2O2. The number of rotatable bonds is 2. The normalized spacial score (nSPS) is 10.9. The Kier molecular flexibility index (Phi) is 2.41. The van der Waals surface area contributed by atoms with Gasteiger partial charge in [0.05, 0.1) is 17.6 Å². The third-order valence-electron chi connectivity index (χ3n) is 3.00. The van der Waals surface area contributed by atoms with E-state index in [-0.39, 0.29) is 11.4 Å². The number of fused-ring (bicyclic) bond motifs is 1. The Bertz CT molecular complexity index is 756. The second kappa shape index (κ2) is 4.07. The molecule has 0 fully saturated rings. The molecule has 1 heterocycles. The van der Waals surface area contributed by atoms with E-state index in [9.17, 15) is 9.90 Å². The fourth-order valence-corrected chi connectivity index (χ4v) is 2.08. The molecule has 0 aliphatic carbocycles. The second-order valence-electron chi connectivity index (χ2n) is 4.16. The van der Waals surface area contributed by atoms with Crippen molar-refractivity contribution in [1.82, 2.24) is 9.55 Å². The fourth-order valence-electron chi connectivity index (χ4n) is 2.08. The molecule has 3 rings (SSSR count). The maximum absolute atomic E-state index is 11.9. The van der Waals surface area contributed by atoms with E-state index in [1.165, 1.54) is 0 Å². The van der Waals surface area contributed by atoms with Crippen molar-refractivity contribution < 1.29 is 5.11 Å². The van der Waals surface area contributed by atoms with Crippen LogP contribution in [0.25, 0.3) is 11.0 Å². The first kappa shape index (κ1) is 10.7. The van der Waals surface area contributed by atoms with Crippen LogP contribution >= 0.6 is 0 Å². The lowest BCUT2D eigenvalue weighted by molar-refractivity contribution is 0.466. The van der Waals surface area contributed by atoms with Gasteiger partial charge in [-0.05, 0) is 18.2 Å². The van der Waals surface area contributed by atoms with E-state index in [1.807, 2.05) is 36.4 Å². The standard InChI is InChI=1S/C14H12N2O2/c17-13-8-4-1-5-10(13)9-16-12-7-3-2-6-11(12)15-14(16)18/h1-8,17H,9H2,(H,15,18). The molecule has 0 unspecified atom stereocenters. The van der Waals surface area contributed by atoms with Gasteiger partial charge in [-0.2, -0.15) is 0 Å². The Hall–Kier alpha value is -2.49. The van der Waals surface area contributed by atoms with Crippen LogP contribution in [0, 0.1) is 0 Å². The van der Waals surface area contributed by atoms with Crippen LogP contribution in [0.3, 0.4) is 0 Å². The number of benzene rings is 2. The second-order valence-corrected chi connectivity index (χ2v) is 4.16. The van der Waals surface area contributed by atoms with Gasteiger partial charge in [-0.25, -0.2) is 4.79 Å². The van der Waals surface area contributed by atoms with Gasteiger partial charge in [-0.1, -0.05) is 30.3 Å². The first-order valence-corrected chi connectivity index (χ1v) is 5.70. The highest BCUT2D eigenvalue weighted by molar-refractivity contribution is 5.75. The summed E-state index contributed by atoms with van der Waals surface area (Å²) < 4.78 is 1.62. The number of phenols is 1. The average Bonchev–Trinajstić information content (AvgIpc) is 2.69. The molecule has 0 atom stereocenters. The number of aromatic nitrogens is 2. The summed E-state index contributed by atoms with van der Waals surface area (Å²) >= 11 is 0. The van der Waals surface area contributed by atoms with E-state index in [1.54, 1.807) is 16.7 Å². The van der Waals surface area contributed by atoms with Crippen LogP contribution in [0.15, 0.2) is 53.3 Å². The largest absolute Gasteiger partial charge is 0.508 e. The first-order chi connectivity index (χ1) is 8.75. The van der Waals surface area contributed by atoms with Gasteiger partial charge >= 0.3 is 5.69 Å². The van der Waals surface area contributed by atoms with Crippen LogP contribution in [-0.4, -0.2) is 14.7 Å². The molecule has 2 aromatic carbocycles. The summed E-state index contributed by atoms with van der Waals surface area (Å²) in [6.07, 6.45) is 0. The zero-order valence-electron chi connectivity index (χ0n) is 9.63. The van der Waals surface area contributed by atoms with Crippen molar-refractivity contribution in [2.45, 2.75) is 6.54 Å². The van der Waals surface area contributed by atoms with Gasteiger partial charge in [0.15, 0.2) is 0 Å². The lowest BCUT2D eigenvalue weighted by Crippen LogP contribution is -2.17. The fraction of sp³-hybridized carbons (Fsp3) is 0.0714. The lowest BCUT2D eigenvalue weighted by Gasteiger charge is -2.05. The van der Waals surface area contributed by atoms with Gasteiger partial charge < -0.3 is 10.1 Å². The maximum Gasteiger partial charge on any atom is 0.326 e. The van der Waals surface area contributed by atoms with E-state index >= 15 is 0 Å². The molecule has 18 heavy (non-hydrogen) atoms. The van der Waals surface area contributed by atoms with Crippen molar-refractivity contribution in [2.75, 3.05) is 0 Å². The van der Waals surface area contributed by atoms with Gasteiger partial charge in [-0.15, -0.1) is 0 Å². The van der Waals surface area contributed by atoms with Crippen LogP contribution < -0.4 is 5.69 Å². The van der Waals surface area contributed by atoms with Gasteiger partial charge in [0.2, 0.25) is 0 Å². The highest BCUT2D eigenvalue weighted by Gasteiger charge is 2.08. The van der Waals surface area contributed by atoms with Crippen LogP contribution in [0.1, 0.15) is 5.56 Å². The SMILES string of the molecule is O=c1[nH]c2ccccc2n1Cc1ccccc1O. The summed E-state index contributed by atoms with van der Waals surface area (Å²) in [6.45, 7) is 0.357. The summed E-state index contributed by atoms with van der Waals surface area (Å²) in [5.41, 5.74) is 2.20. The topological polar surface area (TPSA) is 58.0 Å². The third-order valence-corrected chi connectivity index (χ3v) is 3.00. The van der Waals surface area contributed by atoms with E-state index < -0.39 is 0 Å². The maximum atomic E-state index is 11.9. The number of hydrogen-bond acceptors (Lipinski definition) is 2. The van der Waals surface area contributed by atoms with E-state index in [0.29, 0.717) is 6.54 Å². The van der Waals surface area contributed by atoms with Gasteiger partial charge in [-0.3, -0.25) is 4.57 Å². The minimum Gasteiger partial charge on any atom is -0.508 e. The molecule has 2 N–H and O–H groups in total. The summed E-state index contributed by atoms with van der Waals surface area (Å²) in [5.74, 6) is 0.203. The average molecular weight is 240 g/mol. The van der Waals surface area contributed by atoms with Gasteiger partial charge in [0.1, 0.15) is 5.75 Å². The molecule has 4 nitrogen and oxygen atoms in total. The number of H-pyrrole nitrogens is 1. The first-order valence-electron chi connectivity index (χ1n) is 5.70. The highest BCUT2D eigenvalue weighted by Crippen LogP contribution is 2.18. The molecule has 0 aliphatic rings. The number of nitrogens with one attached hydrogen (secondary N) is 1. The molecular weight excluding hydrogens is 228 g/mol. The number of phenolic OH excluding ortho intramolecular Hbond substituents is 1. The van der Waals surface area contributed by atoms with E-state index in [0.717, 1.165) is 16.6 Å². The zero-order valence-corrected chi connectivity index (χ0v) is 9.63. The number of aromatic amines is 1. The van der Waals surface area contributed by atoms with Crippen molar-refractivity contribution in [3.05, 3.63) is 64.6 Å². The predicted molar refractivity (Wildman–Crippen MR) is 69.8 cm³/mol. The quantitative estimate of drug-likeness (QED) is 0.720. The molecule has 1 aromatic heterocycles. The molecule has 0 spiro atoms. The van der Waals surface area contributed by atoms with Crippen LogP contribution in [-0.2, 0) is 6.54 Å². The minimum atomic E-state index is -0.167. The monoisotopic (exact) mass is 240 g/mol. The van der Waals surface area contributed by atoms with Crippen molar-refractivity contribution in [3.8, 4) is 5.75 Å². The number of para-hydroxylation sites is 3. The van der Waals surface area contributed by atoms with Crippen LogP contribution in [0.2, 0.25) is 0 Å².